The van der Waals surface area contributed by atoms with Crippen LogP contribution in [-0.2, 0) is 9.47 Å². The number of anilines is 3. The van der Waals surface area contributed by atoms with Crippen molar-refractivity contribution < 1.29 is 9.47 Å². The minimum absolute atomic E-state index is 0.418. The zero-order valence-corrected chi connectivity index (χ0v) is 18.2. The van der Waals surface area contributed by atoms with E-state index in [0.717, 1.165) is 36.2 Å². The van der Waals surface area contributed by atoms with Gasteiger partial charge in [0.25, 0.3) is 0 Å². The maximum atomic E-state index is 5.44. The summed E-state index contributed by atoms with van der Waals surface area (Å²) in [5.41, 5.74) is 4.02. The first-order valence-corrected chi connectivity index (χ1v) is 10.7. The number of hydrogen-bond acceptors (Lipinski definition) is 9. The Kier molecular flexibility index (Phi) is 7.22. The van der Waals surface area contributed by atoms with E-state index in [1.54, 1.807) is 6.21 Å². The quantitative estimate of drug-likeness (QED) is 0.505. The molecule has 1 aromatic heterocycles. The molecular formula is C20H24BrN7O2. The van der Waals surface area contributed by atoms with Crippen molar-refractivity contribution in [3.63, 3.8) is 0 Å². The molecular weight excluding hydrogens is 450 g/mol. The molecule has 2 saturated heterocycles. The molecule has 0 amide bonds. The van der Waals surface area contributed by atoms with Gasteiger partial charge in [-0.25, -0.2) is 5.43 Å². The third-order valence-electron chi connectivity index (χ3n) is 4.68. The van der Waals surface area contributed by atoms with Crippen molar-refractivity contribution >= 4 is 46.1 Å². The van der Waals surface area contributed by atoms with Crippen molar-refractivity contribution in [2.45, 2.75) is 0 Å². The van der Waals surface area contributed by atoms with Crippen LogP contribution in [-0.4, -0.2) is 73.8 Å². The fraction of sp³-hybridized carbons (Fsp3) is 0.400. The number of halogens is 1. The molecule has 1 aromatic carbocycles. The van der Waals surface area contributed by atoms with Gasteiger partial charge in [0.05, 0.1) is 26.4 Å². The predicted molar refractivity (Wildman–Crippen MR) is 121 cm³/mol. The summed E-state index contributed by atoms with van der Waals surface area (Å²) in [4.78, 5) is 18.0. The summed E-state index contributed by atoms with van der Waals surface area (Å²) in [7, 11) is 0. The maximum Gasteiger partial charge on any atom is 0.250 e. The molecule has 0 spiro atoms. The van der Waals surface area contributed by atoms with Crippen molar-refractivity contribution in [1.82, 2.24) is 15.0 Å². The van der Waals surface area contributed by atoms with E-state index < -0.39 is 0 Å². The van der Waals surface area contributed by atoms with E-state index in [1.165, 1.54) is 0 Å². The number of allylic oxidation sites excluding steroid dienone is 1. The molecule has 0 aliphatic carbocycles. The lowest BCUT2D eigenvalue weighted by molar-refractivity contribution is 0.121. The van der Waals surface area contributed by atoms with Crippen LogP contribution in [0.4, 0.5) is 17.8 Å². The van der Waals surface area contributed by atoms with Crippen LogP contribution >= 0.6 is 15.9 Å². The second-order valence-electron chi connectivity index (χ2n) is 6.76. The maximum absolute atomic E-state index is 5.44. The SMILES string of the molecule is Brc1ccc(/C=C\C=NNc2nc(N3CCOCC3)nc(N3CCOCC3)n2)cc1. The molecule has 0 bridgehead atoms. The molecule has 2 aromatic rings. The second-order valence-corrected chi connectivity index (χ2v) is 7.67. The van der Waals surface area contributed by atoms with E-state index >= 15 is 0 Å². The number of rotatable bonds is 6. The average molecular weight is 474 g/mol. The summed E-state index contributed by atoms with van der Waals surface area (Å²) in [6.07, 6.45) is 5.52. The third-order valence-corrected chi connectivity index (χ3v) is 5.21. The van der Waals surface area contributed by atoms with E-state index in [1.807, 2.05) is 36.4 Å². The largest absolute Gasteiger partial charge is 0.378 e. The van der Waals surface area contributed by atoms with Crippen molar-refractivity contribution in [3.8, 4) is 0 Å². The van der Waals surface area contributed by atoms with Crippen LogP contribution < -0.4 is 15.2 Å². The molecule has 0 radical (unpaired) electrons. The van der Waals surface area contributed by atoms with Crippen molar-refractivity contribution in [2.24, 2.45) is 5.10 Å². The highest BCUT2D eigenvalue weighted by molar-refractivity contribution is 9.10. The van der Waals surface area contributed by atoms with Gasteiger partial charge in [-0.05, 0) is 23.8 Å². The number of aromatic nitrogens is 3. The highest BCUT2D eigenvalue weighted by Gasteiger charge is 2.20. The Bertz CT molecular complexity index is 843. The molecule has 2 aliphatic heterocycles. The van der Waals surface area contributed by atoms with E-state index in [9.17, 15) is 0 Å². The standard InChI is InChI=1S/C20H24BrN7O2/c21-17-5-3-16(4-6-17)2-1-7-22-26-18-23-19(27-8-12-29-13-9-27)25-20(24-18)28-10-14-30-15-11-28/h1-7H,8-15H2,(H,23,24,25,26)/b2-1-,22-7?. The monoisotopic (exact) mass is 473 g/mol. The summed E-state index contributed by atoms with van der Waals surface area (Å²) in [6.45, 7) is 5.69. The Hall–Kier alpha value is -2.56. The minimum atomic E-state index is 0.418. The average Bonchev–Trinajstić information content (AvgIpc) is 2.81. The second kappa shape index (κ2) is 10.5. The van der Waals surface area contributed by atoms with Crippen LogP contribution in [0, 0.1) is 0 Å². The summed E-state index contributed by atoms with van der Waals surface area (Å²) in [5, 5.41) is 4.24. The molecule has 9 nitrogen and oxygen atoms in total. The number of ether oxygens (including phenoxy) is 2. The van der Waals surface area contributed by atoms with Gasteiger partial charge in [0.15, 0.2) is 0 Å². The molecule has 10 heteroatoms. The Morgan fingerprint density at radius 1 is 0.867 bits per heavy atom. The van der Waals surface area contributed by atoms with Crippen LogP contribution in [0.5, 0.6) is 0 Å². The van der Waals surface area contributed by atoms with E-state index in [-0.39, 0.29) is 0 Å². The molecule has 1 N–H and O–H groups in total. The molecule has 2 fully saturated rings. The lowest BCUT2D eigenvalue weighted by Crippen LogP contribution is -2.40. The van der Waals surface area contributed by atoms with E-state index in [4.69, 9.17) is 9.47 Å². The van der Waals surface area contributed by atoms with Crippen molar-refractivity contribution in [2.75, 3.05) is 67.8 Å². The summed E-state index contributed by atoms with van der Waals surface area (Å²) >= 11 is 3.43. The van der Waals surface area contributed by atoms with Gasteiger partial charge in [0.1, 0.15) is 0 Å². The number of morpholine rings is 2. The van der Waals surface area contributed by atoms with Gasteiger partial charge in [-0.2, -0.15) is 20.1 Å². The molecule has 4 rings (SSSR count). The number of hydrogen-bond donors (Lipinski definition) is 1. The van der Waals surface area contributed by atoms with Crippen LogP contribution in [0.15, 0.2) is 39.9 Å². The molecule has 2 aliphatic rings. The predicted octanol–water partition coefficient (Wildman–Crippen LogP) is 2.42. The zero-order chi connectivity index (χ0) is 20.6. The first-order chi connectivity index (χ1) is 14.8. The van der Waals surface area contributed by atoms with Crippen LogP contribution in [0.2, 0.25) is 0 Å². The fourth-order valence-corrected chi connectivity index (χ4v) is 3.34. The van der Waals surface area contributed by atoms with E-state index in [0.29, 0.717) is 44.3 Å². The lowest BCUT2D eigenvalue weighted by atomic mass is 10.2. The van der Waals surface area contributed by atoms with Crippen molar-refractivity contribution in [1.29, 1.82) is 0 Å². The Morgan fingerprint density at radius 2 is 1.43 bits per heavy atom. The molecule has 0 unspecified atom stereocenters. The van der Waals surface area contributed by atoms with Gasteiger partial charge in [-0.1, -0.05) is 34.1 Å². The van der Waals surface area contributed by atoms with Gasteiger partial charge in [0, 0.05) is 36.9 Å². The number of nitrogens with one attached hydrogen (secondary N) is 1. The minimum Gasteiger partial charge on any atom is -0.378 e. The summed E-state index contributed by atoms with van der Waals surface area (Å²) in [5.74, 6) is 1.69. The highest BCUT2D eigenvalue weighted by Crippen LogP contribution is 2.18. The van der Waals surface area contributed by atoms with Crippen LogP contribution in [0.3, 0.4) is 0 Å². The first-order valence-electron chi connectivity index (χ1n) is 9.91. The number of hydrazone groups is 1. The smallest absolute Gasteiger partial charge is 0.250 e. The highest BCUT2D eigenvalue weighted by atomic mass is 79.9. The lowest BCUT2D eigenvalue weighted by Gasteiger charge is -2.30. The Balaban J connectivity index is 1.46. The van der Waals surface area contributed by atoms with Gasteiger partial charge in [-0.3, -0.25) is 0 Å². The van der Waals surface area contributed by atoms with Gasteiger partial charge >= 0.3 is 0 Å². The summed E-state index contributed by atoms with van der Waals surface area (Å²) < 4.78 is 11.9. The normalized spacial score (nSPS) is 17.8. The Labute approximate surface area is 183 Å². The molecule has 0 saturated carbocycles. The van der Waals surface area contributed by atoms with Gasteiger partial charge in [-0.15, -0.1) is 0 Å². The molecule has 3 heterocycles. The molecule has 158 valence electrons. The zero-order valence-electron chi connectivity index (χ0n) is 16.6. The van der Waals surface area contributed by atoms with Crippen molar-refractivity contribution in [3.05, 3.63) is 40.4 Å². The topological polar surface area (TPSA) is 88.0 Å². The third kappa shape index (κ3) is 5.74. The fourth-order valence-electron chi connectivity index (χ4n) is 3.08. The number of benzene rings is 1. The van der Waals surface area contributed by atoms with Crippen LogP contribution in [0.25, 0.3) is 6.08 Å². The molecule has 30 heavy (non-hydrogen) atoms. The first kappa shape index (κ1) is 20.7. The molecule has 0 atom stereocenters. The Morgan fingerprint density at radius 3 is 2.00 bits per heavy atom. The van der Waals surface area contributed by atoms with E-state index in [2.05, 4.69) is 51.2 Å². The summed E-state index contributed by atoms with van der Waals surface area (Å²) in [6, 6.07) is 8.05. The number of nitrogens with zero attached hydrogens (tertiary/aromatic N) is 6. The van der Waals surface area contributed by atoms with Gasteiger partial charge < -0.3 is 19.3 Å². The van der Waals surface area contributed by atoms with Crippen LogP contribution in [0.1, 0.15) is 5.56 Å². The van der Waals surface area contributed by atoms with Gasteiger partial charge in [0.2, 0.25) is 17.8 Å².